The lowest BCUT2D eigenvalue weighted by molar-refractivity contribution is -0.134. The van der Waals surface area contributed by atoms with Crippen molar-refractivity contribution in [3.8, 4) is 5.75 Å². The molecule has 5 nitrogen and oxygen atoms in total. The Morgan fingerprint density at radius 2 is 1.93 bits per heavy atom. The molecule has 0 aromatic heterocycles. The van der Waals surface area contributed by atoms with Crippen LogP contribution in [0.5, 0.6) is 5.75 Å². The third kappa shape index (κ3) is 5.07. The zero-order valence-corrected chi connectivity index (χ0v) is 18.5. The average molecular weight is 420 g/mol. The van der Waals surface area contributed by atoms with Crippen molar-refractivity contribution in [3.05, 3.63) is 28.8 Å². The van der Waals surface area contributed by atoms with E-state index in [-0.39, 0.29) is 12.0 Å². The number of carbonyl (C=O) groups excluding carboxylic acids is 1. The highest BCUT2D eigenvalue weighted by atomic mass is 35.5. The summed E-state index contributed by atoms with van der Waals surface area (Å²) in [4.78, 5) is 19.9. The summed E-state index contributed by atoms with van der Waals surface area (Å²) in [5.41, 5.74) is 1.06. The topological polar surface area (TPSA) is 36.0 Å². The largest absolute Gasteiger partial charge is 0.489 e. The quantitative estimate of drug-likeness (QED) is 0.746. The van der Waals surface area contributed by atoms with Gasteiger partial charge in [-0.05, 0) is 76.7 Å². The van der Waals surface area contributed by atoms with Crippen LogP contribution in [-0.2, 0) is 11.3 Å². The second kappa shape index (κ2) is 9.23. The molecule has 3 aliphatic rings. The van der Waals surface area contributed by atoms with Crippen molar-refractivity contribution in [3.63, 3.8) is 0 Å². The molecular formula is C23H34ClN3O2. The van der Waals surface area contributed by atoms with Gasteiger partial charge in [0.2, 0.25) is 5.91 Å². The first-order chi connectivity index (χ1) is 14.0. The van der Waals surface area contributed by atoms with E-state index in [0.29, 0.717) is 24.2 Å². The number of piperidine rings is 1. The predicted molar refractivity (Wildman–Crippen MR) is 116 cm³/mol. The van der Waals surface area contributed by atoms with Crippen LogP contribution in [0.15, 0.2) is 18.2 Å². The number of likely N-dealkylation sites (tertiary alicyclic amines) is 2. The zero-order chi connectivity index (χ0) is 20.4. The third-order valence-corrected chi connectivity index (χ3v) is 7.15. The van der Waals surface area contributed by atoms with Crippen LogP contribution in [0.1, 0.15) is 45.1 Å². The van der Waals surface area contributed by atoms with E-state index in [0.717, 1.165) is 49.7 Å². The Kier molecular flexibility index (Phi) is 6.67. The van der Waals surface area contributed by atoms with Gasteiger partial charge in [0.25, 0.3) is 0 Å². The van der Waals surface area contributed by atoms with Gasteiger partial charge in [-0.2, -0.15) is 0 Å². The average Bonchev–Trinajstić information content (AvgIpc) is 3.19. The number of fused-ring (bicyclic) bond motifs is 1. The van der Waals surface area contributed by atoms with E-state index in [2.05, 4.69) is 28.5 Å². The van der Waals surface area contributed by atoms with Gasteiger partial charge in [-0.1, -0.05) is 11.6 Å². The Labute approximate surface area is 179 Å². The van der Waals surface area contributed by atoms with E-state index >= 15 is 0 Å². The first kappa shape index (κ1) is 21.0. The van der Waals surface area contributed by atoms with Crippen molar-refractivity contribution in [2.24, 2.45) is 5.92 Å². The summed E-state index contributed by atoms with van der Waals surface area (Å²) in [7, 11) is 0. The van der Waals surface area contributed by atoms with E-state index in [1.807, 2.05) is 18.2 Å². The Morgan fingerprint density at radius 1 is 1.21 bits per heavy atom. The Hall–Kier alpha value is -1.30. The molecule has 2 atom stereocenters. The first-order valence-electron chi connectivity index (χ1n) is 11.2. The number of hydrogen-bond acceptors (Lipinski definition) is 4. The van der Waals surface area contributed by atoms with Crippen molar-refractivity contribution >= 4 is 17.5 Å². The number of benzene rings is 1. The minimum atomic E-state index is 0.0530. The zero-order valence-electron chi connectivity index (χ0n) is 17.8. The first-order valence-corrected chi connectivity index (χ1v) is 11.6. The molecule has 3 heterocycles. The standard InChI is InChI=1S/C23H34ClN3O2/c1-17-14-25(15-20-13-21(24)5-6-22(20)29-17)16-23(28)27-11-7-19(8-12-27)18(2)26-9-3-4-10-26/h5-6,13,17-19H,3-4,7-12,14-16H2,1-2H3/t17-,18-/m1/s1. The number of nitrogens with zero attached hydrogens (tertiary/aromatic N) is 3. The summed E-state index contributed by atoms with van der Waals surface area (Å²) < 4.78 is 6.03. The molecule has 160 valence electrons. The molecule has 0 spiro atoms. The van der Waals surface area contributed by atoms with Crippen molar-refractivity contribution in [1.29, 1.82) is 0 Å². The highest BCUT2D eigenvalue weighted by Gasteiger charge is 2.31. The second-order valence-electron chi connectivity index (χ2n) is 9.05. The van der Waals surface area contributed by atoms with Crippen LogP contribution in [0, 0.1) is 5.92 Å². The molecule has 1 aromatic carbocycles. The lowest BCUT2D eigenvalue weighted by Gasteiger charge is -2.38. The molecule has 0 aliphatic carbocycles. The fourth-order valence-electron chi connectivity index (χ4n) is 5.20. The van der Waals surface area contributed by atoms with Crippen LogP contribution in [0.25, 0.3) is 0 Å². The van der Waals surface area contributed by atoms with E-state index in [4.69, 9.17) is 16.3 Å². The minimum absolute atomic E-state index is 0.0530. The molecule has 0 radical (unpaired) electrons. The summed E-state index contributed by atoms with van der Waals surface area (Å²) in [5.74, 6) is 1.85. The van der Waals surface area contributed by atoms with E-state index in [1.165, 1.54) is 25.9 Å². The number of ether oxygens (including phenoxy) is 1. The van der Waals surface area contributed by atoms with Crippen LogP contribution in [0.3, 0.4) is 0 Å². The van der Waals surface area contributed by atoms with Crippen LogP contribution in [-0.4, -0.2) is 72.0 Å². The lowest BCUT2D eigenvalue weighted by Crippen LogP contribution is -2.48. The maximum atomic E-state index is 13.0. The molecule has 1 amide bonds. The summed E-state index contributed by atoms with van der Waals surface area (Å²) >= 11 is 6.18. The van der Waals surface area contributed by atoms with E-state index < -0.39 is 0 Å². The fourth-order valence-corrected chi connectivity index (χ4v) is 5.39. The van der Waals surface area contributed by atoms with Crippen LogP contribution >= 0.6 is 11.6 Å². The molecule has 1 aromatic rings. The van der Waals surface area contributed by atoms with Crippen LogP contribution < -0.4 is 4.74 Å². The number of halogens is 1. The molecule has 6 heteroatoms. The van der Waals surface area contributed by atoms with E-state index in [1.54, 1.807) is 0 Å². The number of amides is 1. The summed E-state index contributed by atoms with van der Waals surface area (Å²) in [6.45, 7) is 10.6. The molecule has 0 N–H and O–H groups in total. The van der Waals surface area contributed by atoms with Gasteiger partial charge in [0, 0.05) is 42.8 Å². The summed E-state index contributed by atoms with van der Waals surface area (Å²) in [5, 5.41) is 0.711. The normalized spacial score (nSPS) is 25.3. The highest BCUT2D eigenvalue weighted by Crippen LogP contribution is 2.29. The molecule has 4 rings (SSSR count). The maximum Gasteiger partial charge on any atom is 0.236 e. The maximum absolute atomic E-state index is 13.0. The van der Waals surface area contributed by atoms with Crippen molar-refractivity contribution in [1.82, 2.24) is 14.7 Å². The van der Waals surface area contributed by atoms with Gasteiger partial charge in [0.15, 0.2) is 0 Å². The monoisotopic (exact) mass is 419 g/mol. The van der Waals surface area contributed by atoms with Crippen molar-refractivity contribution in [2.45, 2.75) is 58.2 Å². The summed E-state index contributed by atoms with van der Waals surface area (Å²) in [6.07, 6.45) is 4.99. The van der Waals surface area contributed by atoms with Gasteiger partial charge in [-0.3, -0.25) is 9.69 Å². The number of rotatable bonds is 4. The van der Waals surface area contributed by atoms with Crippen LogP contribution in [0.4, 0.5) is 0 Å². The van der Waals surface area contributed by atoms with Gasteiger partial charge in [0.1, 0.15) is 11.9 Å². The lowest BCUT2D eigenvalue weighted by atomic mass is 9.89. The van der Waals surface area contributed by atoms with E-state index in [9.17, 15) is 4.79 Å². The number of hydrogen-bond donors (Lipinski definition) is 0. The molecule has 0 saturated carbocycles. The molecule has 3 aliphatic heterocycles. The summed E-state index contributed by atoms with van der Waals surface area (Å²) in [6, 6.07) is 6.41. The van der Waals surface area contributed by atoms with Gasteiger partial charge in [-0.15, -0.1) is 0 Å². The molecule has 2 fully saturated rings. The Balaban J connectivity index is 1.31. The van der Waals surface area contributed by atoms with Crippen molar-refractivity contribution < 1.29 is 9.53 Å². The molecule has 0 bridgehead atoms. The molecular weight excluding hydrogens is 386 g/mol. The SMILES string of the molecule is C[C@@H]1CN(CC(=O)N2CCC([C@@H](C)N3CCCC3)CC2)Cc2cc(Cl)ccc2O1. The van der Waals surface area contributed by atoms with Gasteiger partial charge >= 0.3 is 0 Å². The third-order valence-electron chi connectivity index (χ3n) is 6.91. The smallest absolute Gasteiger partial charge is 0.236 e. The highest BCUT2D eigenvalue weighted by molar-refractivity contribution is 6.30. The Bertz CT molecular complexity index is 714. The second-order valence-corrected chi connectivity index (χ2v) is 9.49. The molecule has 2 saturated heterocycles. The van der Waals surface area contributed by atoms with Gasteiger partial charge in [0.05, 0.1) is 6.54 Å². The minimum Gasteiger partial charge on any atom is -0.489 e. The Morgan fingerprint density at radius 3 is 2.66 bits per heavy atom. The number of carbonyl (C=O) groups is 1. The predicted octanol–water partition coefficient (Wildman–Crippen LogP) is 3.65. The van der Waals surface area contributed by atoms with Gasteiger partial charge < -0.3 is 14.5 Å². The van der Waals surface area contributed by atoms with Gasteiger partial charge in [-0.25, -0.2) is 0 Å². The fraction of sp³-hybridized carbons (Fsp3) is 0.696. The molecule has 29 heavy (non-hydrogen) atoms. The van der Waals surface area contributed by atoms with Crippen molar-refractivity contribution in [2.75, 3.05) is 39.3 Å². The van der Waals surface area contributed by atoms with Crippen LogP contribution in [0.2, 0.25) is 5.02 Å². The molecule has 0 unspecified atom stereocenters.